The Balaban J connectivity index is 1.58. The summed E-state index contributed by atoms with van der Waals surface area (Å²) in [5.41, 5.74) is 10.9. The molecule has 0 aliphatic carbocycles. The van der Waals surface area contributed by atoms with Crippen LogP contribution in [0.1, 0.15) is 5.56 Å². The van der Waals surface area contributed by atoms with E-state index in [2.05, 4.69) is 34.9 Å². The molecule has 110 valence electrons. The summed E-state index contributed by atoms with van der Waals surface area (Å²) in [6, 6.07) is 26.3. The summed E-state index contributed by atoms with van der Waals surface area (Å²) < 4.78 is 0. The Morgan fingerprint density at radius 3 is 1.91 bits per heavy atom. The van der Waals surface area contributed by atoms with Crippen molar-refractivity contribution >= 4 is 22.7 Å². The van der Waals surface area contributed by atoms with Crippen LogP contribution in [-0.4, -0.2) is 0 Å². The Labute approximate surface area is 130 Å². The van der Waals surface area contributed by atoms with Crippen molar-refractivity contribution in [3.05, 3.63) is 84.4 Å². The average molecular weight is 289 g/mol. The molecule has 4 N–H and O–H groups in total. The summed E-state index contributed by atoms with van der Waals surface area (Å²) in [6.07, 6.45) is 0. The lowest BCUT2D eigenvalue weighted by Gasteiger charge is -2.09. The van der Waals surface area contributed by atoms with Crippen LogP contribution in [0.3, 0.4) is 0 Å². The number of hydrogen-bond donors (Lipinski definition) is 3. The predicted molar refractivity (Wildman–Crippen MR) is 94.3 cm³/mol. The lowest BCUT2D eigenvalue weighted by molar-refractivity contribution is 1.15. The fourth-order valence-corrected chi connectivity index (χ4v) is 2.20. The quantitative estimate of drug-likeness (QED) is 0.600. The molecule has 0 fully saturated rings. The van der Waals surface area contributed by atoms with Gasteiger partial charge in [-0.3, -0.25) is 0 Å². The zero-order chi connectivity index (χ0) is 15.2. The van der Waals surface area contributed by atoms with Crippen molar-refractivity contribution in [1.82, 2.24) is 0 Å². The van der Waals surface area contributed by atoms with E-state index in [4.69, 9.17) is 5.73 Å². The second kappa shape index (κ2) is 6.68. The van der Waals surface area contributed by atoms with Crippen LogP contribution in [0, 0.1) is 0 Å². The van der Waals surface area contributed by atoms with Crippen LogP contribution in [0.25, 0.3) is 0 Å². The molecule has 22 heavy (non-hydrogen) atoms. The van der Waals surface area contributed by atoms with Crippen molar-refractivity contribution in [2.75, 3.05) is 16.4 Å². The molecule has 3 aromatic carbocycles. The molecule has 0 amide bonds. The van der Waals surface area contributed by atoms with Gasteiger partial charge in [0, 0.05) is 29.3 Å². The second-order valence-corrected chi connectivity index (χ2v) is 5.16. The van der Waals surface area contributed by atoms with E-state index in [1.165, 1.54) is 5.56 Å². The number of nitrogens with two attached hydrogens (primary N) is 1. The molecule has 0 radical (unpaired) electrons. The smallest absolute Gasteiger partial charge is 0.0400 e. The highest BCUT2D eigenvalue weighted by Gasteiger charge is 1.97. The van der Waals surface area contributed by atoms with E-state index < -0.39 is 0 Å². The second-order valence-electron chi connectivity index (χ2n) is 5.16. The van der Waals surface area contributed by atoms with Crippen LogP contribution in [0.2, 0.25) is 0 Å². The Bertz CT molecular complexity index is 704. The highest BCUT2D eigenvalue weighted by atomic mass is 14.9. The molecule has 3 rings (SSSR count). The van der Waals surface area contributed by atoms with Gasteiger partial charge < -0.3 is 16.4 Å². The lowest BCUT2D eigenvalue weighted by atomic mass is 10.2. The molecule has 0 spiro atoms. The third-order valence-corrected chi connectivity index (χ3v) is 3.42. The van der Waals surface area contributed by atoms with Crippen molar-refractivity contribution in [2.45, 2.75) is 6.54 Å². The van der Waals surface area contributed by atoms with Crippen LogP contribution in [-0.2, 0) is 6.54 Å². The van der Waals surface area contributed by atoms with Crippen molar-refractivity contribution in [2.24, 2.45) is 0 Å². The van der Waals surface area contributed by atoms with Gasteiger partial charge in [-0.15, -0.1) is 0 Å². The van der Waals surface area contributed by atoms with Crippen molar-refractivity contribution < 1.29 is 0 Å². The van der Waals surface area contributed by atoms with Crippen LogP contribution in [0.5, 0.6) is 0 Å². The summed E-state index contributed by atoms with van der Waals surface area (Å²) in [7, 11) is 0. The van der Waals surface area contributed by atoms with Crippen LogP contribution in [0.4, 0.5) is 22.7 Å². The first-order chi connectivity index (χ1) is 10.8. The highest BCUT2D eigenvalue weighted by molar-refractivity contribution is 5.62. The van der Waals surface area contributed by atoms with Gasteiger partial charge in [0.15, 0.2) is 0 Å². The number of nitrogens with one attached hydrogen (secondary N) is 2. The summed E-state index contributed by atoms with van der Waals surface area (Å²) in [5, 5.41) is 6.77. The number of nitrogen functional groups attached to an aromatic ring is 1. The Hall–Kier alpha value is -2.94. The van der Waals surface area contributed by atoms with Crippen LogP contribution >= 0.6 is 0 Å². The molecule has 0 saturated carbocycles. The van der Waals surface area contributed by atoms with Gasteiger partial charge in [-0.05, 0) is 54.1 Å². The minimum absolute atomic E-state index is 0.783. The van der Waals surface area contributed by atoms with Gasteiger partial charge >= 0.3 is 0 Å². The fraction of sp³-hybridized carbons (Fsp3) is 0.0526. The Morgan fingerprint density at radius 1 is 0.636 bits per heavy atom. The topological polar surface area (TPSA) is 50.1 Å². The largest absolute Gasteiger partial charge is 0.399 e. The monoisotopic (exact) mass is 289 g/mol. The number of anilines is 4. The zero-order valence-corrected chi connectivity index (χ0v) is 12.3. The van der Waals surface area contributed by atoms with Crippen molar-refractivity contribution in [3.63, 3.8) is 0 Å². The molecule has 0 aliphatic rings. The summed E-state index contributed by atoms with van der Waals surface area (Å²) in [6.45, 7) is 0.783. The van der Waals surface area contributed by atoms with E-state index in [9.17, 15) is 0 Å². The highest BCUT2D eigenvalue weighted by Crippen LogP contribution is 2.19. The summed E-state index contributed by atoms with van der Waals surface area (Å²) in [5.74, 6) is 0. The van der Waals surface area contributed by atoms with E-state index in [-0.39, 0.29) is 0 Å². The molecular formula is C19H19N3. The van der Waals surface area contributed by atoms with Crippen LogP contribution in [0.15, 0.2) is 78.9 Å². The molecule has 3 heteroatoms. The van der Waals surface area contributed by atoms with E-state index >= 15 is 0 Å². The predicted octanol–water partition coefficient (Wildman–Crippen LogP) is 4.62. The molecule has 0 bridgehead atoms. The summed E-state index contributed by atoms with van der Waals surface area (Å²) >= 11 is 0. The number of benzene rings is 3. The molecular weight excluding hydrogens is 270 g/mol. The minimum Gasteiger partial charge on any atom is -0.399 e. The van der Waals surface area contributed by atoms with Gasteiger partial charge in [0.25, 0.3) is 0 Å². The standard InChI is InChI=1S/C19H19N3/c20-16-8-6-15(7-9-16)14-21-17-10-12-19(13-11-17)22-18-4-2-1-3-5-18/h1-13,21-22H,14,20H2. The fourth-order valence-electron chi connectivity index (χ4n) is 2.20. The van der Waals surface area contributed by atoms with E-state index in [0.29, 0.717) is 0 Å². The van der Waals surface area contributed by atoms with Gasteiger partial charge in [0.2, 0.25) is 0 Å². The molecule has 0 heterocycles. The molecule has 0 aromatic heterocycles. The SMILES string of the molecule is Nc1ccc(CNc2ccc(Nc3ccccc3)cc2)cc1. The molecule has 0 atom stereocenters. The van der Waals surface area contributed by atoms with Gasteiger partial charge in [0.05, 0.1) is 0 Å². The first-order valence-corrected chi connectivity index (χ1v) is 7.30. The van der Waals surface area contributed by atoms with Gasteiger partial charge in [-0.25, -0.2) is 0 Å². The molecule has 3 aromatic rings. The Morgan fingerprint density at radius 2 is 1.23 bits per heavy atom. The third kappa shape index (κ3) is 3.79. The lowest BCUT2D eigenvalue weighted by Crippen LogP contribution is -1.99. The maximum Gasteiger partial charge on any atom is 0.0400 e. The van der Waals surface area contributed by atoms with E-state index in [0.717, 1.165) is 29.3 Å². The zero-order valence-electron chi connectivity index (χ0n) is 12.3. The first-order valence-electron chi connectivity index (χ1n) is 7.30. The van der Waals surface area contributed by atoms with Gasteiger partial charge in [-0.1, -0.05) is 30.3 Å². The summed E-state index contributed by atoms with van der Waals surface area (Å²) in [4.78, 5) is 0. The normalized spacial score (nSPS) is 10.2. The first kappa shape index (κ1) is 14.0. The molecule has 0 unspecified atom stereocenters. The molecule has 3 nitrogen and oxygen atoms in total. The molecule has 0 saturated heterocycles. The maximum atomic E-state index is 5.69. The number of hydrogen-bond acceptors (Lipinski definition) is 3. The van der Waals surface area contributed by atoms with Gasteiger partial charge in [-0.2, -0.15) is 0 Å². The molecule has 0 aliphatic heterocycles. The average Bonchev–Trinajstić information content (AvgIpc) is 2.57. The van der Waals surface area contributed by atoms with Crippen molar-refractivity contribution in [1.29, 1.82) is 0 Å². The number of rotatable bonds is 5. The maximum absolute atomic E-state index is 5.69. The van der Waals surface area contributed by atoms with E-state index in [1.807, 2.05) is 54.6 Å². The van der Waals surface area contributed by atoms with Crippen LogP contribution < -0.4 is 16.4 Å². The Kier molecular flexibility index (Phi) is 4.25. The third-order valence-electron chi connectivity index (χ3n) is 3.42. The minimum atomic E-state index is 0.783. The number of para-hydroxylation sites is 1. The van der Waals surface area contributed by atoms with Crippen molar-refractivity contribution in [3.8, 4) is 0 Å². The van der Waals surface area contributed by atoms with E-state index in [1.54, 1.807) is 0 Å². The van der Waals surface area contributed by atoms with Gasteiger partial charge in [0.1, 0.15) is 0 Å².